The van der Waals surface area contributed by atoms with Gasteiger partial charge in [0.05, 0.1) is 31.8 Å². The molecule has 1 aromatic carbocycles. The third kappa shape index (κ3) is 5.20. The number of hydrogen-bond acceptors (Lipinski definition) is 10. The van der Waals surface area contributed by atoms with Gasteiger partial charge in [-0.2, -0.15) is 0 Å². The van der Waals surface area contributed by atoms with E-state index in [1.54, 1.807) is 0 Å². The number of nitrogens with zero attached hydrogens (tertiary/aromatic N) is 4. The number of benzene rings is 1. The van der Waals surface area contributed by atoms with E-state index >= 15 is 0 Å². The Hall–Kier alpha value is -2.60. The maximum absolute atomic E-state index is 11.8. The van der Waals surface area contributed by atoms with Crippen LogP contribution in [0.15, 0.2) is 16.8 Å². The summed E-state index contributed by atoms with van der Waals surface area (Å²) in [5.41, 5.74) is -0.818. The predicted octanol–water partition coefficient (Wildman–Crippen LogP) is 0.871. The first-order chi connectivity index (χ1) is 12.0. The van der Waals surface area contributed by atoms with Crippen molar-refractivity contribution in [1.82, 2.24) is 10.3 Å². The number of amides is 1. The van der Waals surface area contributed by atoms with Gasteiger partial charge in [0.1, 0.15) is 13.2 Å². The SMILES string of the molecule is C[N+](C)(C)CCOP(=O)([O-])OC(=O)Nc1ccc([N+](=O)[O-])c2nonc12. The number of carbonyl (C=O) groups is 1. The number of likely N-dealkylation sites (N-methyl/N-ethyl adjacent to an activating group) is 1. The van der Waals surface area contributed by atoms with E-state index in [2.05, 4.69) is 29.3 Å². The Labute approximate surface area is 146 Å². The second-order valence-electron chi connectivity index (χ2n) is 6.15. The Balaban J connectivity index is 2.05. The highest BCUT2D eigenvalue weighted by Gasteiger charge is 2.23. The standard InChI is InChI=1S/C12H16N5O8P/c1-17(2,3)6-7-23-26(21,22)24-12(18)13-8-4-5-9(16(19)20)11-10(8)14-25-15-11/h4-5H,6-7H2,1-3H3,(H-,13,15,18,21,22). The first-order valence-electron chi connectivity index (χ1n) is 7.15. The van der Waals surface area contributed by atoms with Gasteiger partial charge in [-0.3, -0.25) is 20.0 Å². The number of aromatic nitrogens is 2. The third-order valence-electron chi connectivity index (χ3n) is 3.03. The number of rotatable bonds is 7. The van der Waals surface area contributed by atoms with Gasteiger partial charge in [-0.05, 0) is 16.4 Å². The fourth-order valence-electron chi connectivity index (χ4n) is 1.79. The van der Waals surface area contributed by atoms with Crippen LogP contribution >= 0.6 is 7.82 Å². The summed E-state index contributed by atoms with van der Waals surface area (Å²) >= 11 is 0. The van der Waals surface area contributed by atoms with E-state index in [-0.39, 0.29) is 23.3 Å². The number of nitrogens with one attached hydrogen (secondary N) is 1. The van der Waals surface area contributed by atoms with E-state index in [1.807, 2.05) is 21.1 Å². The number of nitro groups is 1. The normalized spacial score (nSPS) is 14.0. The lowest BCUT2D eigenvalue weighted by atomic mass is 10.2. The van der Waals surface area contributed by atoms with Crippen molar-refractivity contribution in [3.8, 4) is 0 Å². The van der Waals surface area contributed by atoms with Gasteiger partial charge in [0.15, 0.2) is 5.52 Å². The first kappa shape index (κ1) is 19.7. The highest BCUT2D eigenvalue weighted by molar-refractivity contribution is 7.46. The lowest BCUT2D eigenvalue weighted by Gasteiger charge is -2.26. The minimum Gasteiger partial charge on any atom is -0.746 e. The van der Waals surface area contributed by atoms with Gasteiger partial charge in [-0.15, -0.1) is 0 Å². The molecule has 0 saturated carbocycles. The zero-order chi connectivity index (χ0) is 19.5. The molecule has 1 aromatic heterocycles. The number of carbonyl (C=O) groups excluding carboxylic acids is 1. The van der Waals surface area contributed by atoms with E-state index in [4.69, 9.17) is 0 Å². The predicted molar refractivity (Wildman–Crippen MR) is 85.0 cm³/mol. The molecule has 1 N–H and O–H groups in total. The lowest BCUT2D eigenvalue weighted by Crippen LogP contribution is -2.37. The summed E-state index contributed by atoms with van der Waals surface area (Å²) in [7, 11) is 0.613. The van der Waals surface area contributed by atoms with Crippen molar-refractivity contribution in [2.24, 2.45) is 0 Å². The zero-order valence-corrected chi connectivity index (χ0v) is 15.0. The monoisotopic (exact) mass is 389 g/mol. The quantitative estimate of drug-likeness (QED) is 0.310. The molecule has 1 unspecified atom stereocenters. The van der Waals surface area contributed by atoms with Crippen LogP contribution in [0.25, 0.3) is 11.0 Å². The number of phosphoric ester groups is 1. The van der Waals surface area contributed by atoms with Crippen molar-refractivity contribution >= 4 is 36.3 Å². The number of non-ortho nitro benzene ring substituents is 1. The molecule has 13 nitrogen and oxygen atoms in total. The zero-order valence-electron chi connectivity index (χ0n) is 14.1. The Morgan fingerprint density at radius 1 is 1.35 bits per heavy atom. The topological polar surface area (TPSA) is 170 Å². The van der Waals surface area contributed by atoms with Gasteiger partial charge in [-0.1, -0.05) is 0 Å². The van der Waals surface area contributed by atoms with Gasteiger partial charge in [0, 0.05) is 6.07 Å². The molecule has 1 atom stereocenters. The number of anilines is 1. The maximum Gasteiger partial charge on any atom is 0.417 e. The van der Waals surface area contributed by atoms with Crippen LogP contribution in [0.1, 0.15) is 0 Å². The molecule has 2 aromatic rings. The van der Waals surface area contributed by atoms with Crippen molar-refractivity contribution in [1.29, 1.82) is 0 Å². The molecule has 0 aliphatic carbocycles. The molecule has 14 heteroatoms. The van der Waals surface area contributed by atoms with Crippen LogP contribution in [0.2, 0.25) is 0 Å². The molecule has 1 heterocycles. The Morgan fingerprint density at radius 2 is 2.00 bits per heavy atom. The molecular weight excluding hydrogens is 373 g/mol. The molecule has 26 heavy (non-hydrogen) atoms. The highest BCUT2D eigenvalue weighted by Crippen LogP contribution is 2.39. The molecule has 142 valence electrons. The largest absolute Gasteiger partial charge is 0.746 e. The Bertz CT molecular complexity index is 876. The minimum atomic E-state index is -4.88. The van der Waals surface area contributed by atoms with Crippen LogP contribution in [-0.2, 0) is 13.6 Å². The number of fused-ring (bicyclic) bond motifs is 1. The van der Waals surface area contributed by atoms with E-state index < -0.39 is 24.5 Å². The molecule has 0 aliphatic rings. The van der Waals surface area contributed by atoms with Crippen molar-refractivity contribution in [3.63, 3.8) is 0 Å². The summed E-state index contributed by atoms with van der Waals surface area (Å²) in [6.45, 7) is 0.192. The number of quaternary nitrogens is 1. The molecule has 0 fully saturated rings. The van der Waals surface area contributed by atoms with Crippen LogP contribution in [0.4, 0.5) is 16.2 Å². The van der Waals surface area contributed by atoms with E-state index in [0.717, 1.165) is 12.1 Å². The molecule has 1 amide bonds. The molecule has 0 aliphatic heterocycles. The van der Waals surface area contributed by atoms with Gasteiger partial charge in [0.2, 0.25) is 5.52 Å². The summed E-state index contributed by atoms with van der Waals surface area (Å²) < 4.78 is 25.4. The molecular formula is C12H16N5O8P. The van der Waals surface area contributed by atoms with Crippen LogP contribution in [0.5, 0.6) is 0 Å². The van der Waals surface area contributed by atoms with E-state index in [1.165, 1.54) is 0 Å². The number of nitro benzene ring substituents is 1. The molecule has 2 rings (SSSR count). The number of phosphoric acid groups is 1. The molecule has 0 saturated heterocycles. The van der Waals surface area contributed by atoms with Crippen LogP contribution < -0.4 is 10.2 Å². The summed E-state index contributed by atoms with van der Waals surface area (Å²) in [5.74, 6) is 0. The van der Waals surface area contributed by atoms with Crippen LogP contribution in [0.3, 0.4) is 0 Å². The van der Waals surface area contributed by atoms with Crippen molar-refractivity contribution in [2.75, 3.05) is 39.6 Å². The van der Waals surface area contributed by atoms with Crippen LogP contribution in [0, 0.1) is 10.1 Å². The minimum absolute atomic E-state index is 0.0804. The molecule has 0 radical (unpaired) electrons. The average Bonchev–Trinajstić information content (AvgIpc) is 2.94. The molecule has 0 bridgehead atoms. The Morgan fingerprint density at radius 3 is 2.62 bits per heavy atom. The van der Waals surface area contributed by atoms with Crippen LogP contribution in [-0.4, -0.2) is 60.1 Å². The highest BCUT2D eigenvalue weighted by atomic mass is 31.2. The van der Waals surface area contributed by atoms with Gasteiger partial charge in [-0.25, -0.2) is 9.42 Å². The fraction of sp³-hybridized carbons (Fsp3) is 0.417. The third-order valence-corrected chi connectivity index (χ3v) is 3.92. The second-order valence-corrected chi connectivity index (χ2v) is 7.48. The second kappa shape index (κ2) is 7.33. The Kier molecular flexibility index (Phi) is 5.56. The van der Waals surface area contributed by atoms with Crippen molar-refractivity contribution in [3.05, 3.63) is 22.2 Å². The maximum atomic E-state index is 11.8. The molecule has 0 spiro atoms. The van der Waals surface area contributed by atoms with Gasteiger partial charge < -0.3 is 18.4 Å². The summed E-state index contributed by atoms with van der Waals surface area (Å²) in [6.07, 6.45) is -1.37. The fourth-order valence-corrected chi connectivity index (χ4v) is 2.40. The first-order valence-corrected chi connectivity index (χ1v) is 8.61. The summed E-state index contributed by atoms with van der Waals surface area (Å²) in [5, 5.41) is 19.8. The van der Waals surface area contributed by atoms with Crippen molar-refractivity contribution < 1.29 is 37.3 Å². The smallest absolute Gasteiger partial charge is 0.417 e. The van der Waals surface area contributed by atoms with E-state index in [9.17, 15) is 24.4 Å². The number of hydrogen-bond donors (Lipinski definition) is 1. The average molecular weight is 389 g/mol. The van der Waals surface area contributed by atoms with Gasteiger partial charge >= 0.3 is 19.6 Å². The summed E-state index contributed by atoms with van der Waals surface area (Å²) in [4.78, 5) is 33.6. The van der Waals surface area contributed by atoms with E-state index in [0.29, 0.717) is 11.0 Å². The summed E-state index contributed by atoms with van der Waals surface area (Å²) in [6, 6.07) is 2.19. The lowest BCUT2D eigenvalue weighted by molar-refractivity contribution is -0.870. The van der Waals surface area contributed by atoms with Gasteiger partial charge in [0.25, 0.3) is 0 Å². The van der Waals surface area contributed by atoms with Crippen molar-refractivity contribution in [2.45, 2.75) is 0 Å².